The fourth-order valence-electron chi connectivity index (χ4n) is 0.930. The van der Waals surface area contributed by atoms with Crippen LogP contribution in [-0.4, -0.2) is 22.1 Å². The summed E-state index contributed by atoms with van der Waals surface area (Å²) < 4.78 is 6.43. The zero-order valence-electron chi connectivity index (χ0n) is 7.99. The van der Waals surface area contributed by atoms with Gasteiger partial charge in [0.2, 0.25) is 0 Å². The molecule has 0 N–H and O–H groups in total. The fourth-order valence-corrected chi connectivity index (χ4v) is 1.08. The first-order valence-corrected chi connectivity index (χ1v) is 4.34. The zero-order chi connectivity index (χ0) is 9.84. The van der Waals surface area contributed by atoms with Gasteiger partial charge in [0.1, 0.15) is 17.4 Å². The highest BCUT2D eigenvalue weighted by Crippen LogP contribution is 2.09. The molecule has 0 fully saturated rings. The van der Waals surface area contributed by atoms with Crippen LogP contribution in [0.3, 0.4) is 0 Å². The number of hydrogen-bond donors (Lipinski definition) is 0. The van der Waals surface area contributed by atoms with Crippen molar-refractivity contribution in [1.82, 2.24) is 9.55 Å². The van der Waals surface area contributed by atoms with Crippen LogP contribution in [0.2, 0.25) is 5.15 Å². The minimum absolute atomic E-state index is 0. The van der Waals surface area contributed by atoms with E-state index in [1.165, 1.54) is 6.20 Å². The van der Waals surface area contributed by atoms with Crippen molar-refractivity contribution >= 4 is 30.0 Å². The number of imidazole rings is 1. The van der Waals surface area contributed by atoms with E-state index in [0.29, 0.717) is 17.6 Å². The van der Waals surface area contributed by atoms with Crippen molar-refractivity contribution in [1.29, 1.82) is 0 Å². The van der Waals surface area contributed by atoms with Crippen molar-refractivity contribution in [3.8, 4) is 0 Å². The van der Waals surface area contributed by atoms with Gasteiger partial charge in [0.15, 0.2) is 0 Å². The minimum atomic E-state index is -0.284. The molecule has 0 amide bonds. The van der Waals surface area contributed by atoms with E-state index in [1.54, 1.807) is 18.5 Å². The predicted octanol–water partition coefficient (Wildman–Crippen LogP) is 1.60. The highest BCUT2D eigenvalue weighted by atomic mass is 35.5. The van der Waals surface area contributed by atoms with E-state index in [-0.39, 0.29) is 24.8 Å². The topological polar surface area (TPSA) is 44.1 Å². The summed E-state index contributed by atoms with van der Waals surface area (Å²) in [5.41, 5.74) is 0. The number of halogens is 2. The van der Waals surface area contributed by atoms with E-state index in [2.05, 4.69) is 4.98 Å². The molecular formula is C8H12Cl2N2O2. The van der Waals surface area contributed by atoms with Crippen molar-refractivity contribution < 1.29 is 9.53 Å². The summed E-state index contributed by atoms with van der Waals surface area (Å²) in [6, 6.07) is 0. The van der Waals surface area contributed by atoms with Crippen molar-refractivity contribution in [2.24, 2.45) is 7.05 Å². The highest BCUT2D eigenvalue weighted by molar-refractivity contribution is 6.29. The van der Waals surface area contributed by atoms with Crippen molar-refractivity contribution in [2.75, 3.05) is 6.61 Å². The quantitative estimate of drug-likeness (QED) is 0.752. The monoisotopic (exact) mass is 238 g/mol. The summed E-state index contributed by atoms with van der Waals surface area (Å²) in [4.78, 5) is 15.0. The molecule has 0 unspecified atom stereocenters. The first-order chi connectivity index (χ1) is 6.15. The Labute approximate surface area is 93.6 Å². The van der Waals surface area contributed by atoms with E-state index in [0.717, 1.165) is 0 Å². The second kappa shape index (κ2) is 5.88. The van der Waals surface area contributed by atoms with Crippen LogP contribution in [0.5, 0.6) is 0 Å². The van der Waals surface area contributed by atoms with Crippen LogP contribution in [0.4, 0.5) is 0 Å². The molecule has 1 aromatic heterocycles. The van der Waals surface area contributed by atoms with Gasteiger partial charge in [0, 0.05) is 7.05 Å². The Bertz CT molecular complexity index is 312. The Morgan fingerprint density at radius 1 is 1.71 bits per heavy atom. The van der Waals surface area contributed by atoms with E-state index in [9.17, 15) is 4.79 Å². The third-order valence-electron chi connectivity index (χ3n) is 1.64. The SMILES string of the molecule is CCOC(=O)Cc1ncc(Cl)n1C.Cl. The molecule has 1 heterocycles. The molecule has 0 aliphatic heterocycles. The molecule has 0 aliphatic carbocycles. The van der Waals surface area contributed by atoms with Gasteiger partial charge in [-0.25, -0.2) is 4.98 Å². The number of carbonyl (C=O) groups is 1. The lowest BCUT2D eigenvalue weighted by Gasteiger charge is -2.02. The van der Waals surface area contributed by atoms with Gasteiger partial charge in [-0.3, -0.25) is 4.79 Å². The van der Waals surface area contributed by atoms with Crippen molar-refractivity contribution in [3.63, 3.8) is 0 Å². The molecule has 0 radical (unpaired) electrons. The van der Waals surface area contributed by atoms with E-state index in [4.69, 9.17) is 16.3 Å². The Kier molecular flexibility index (Phi) is 5.57. The maximum Gasteiger partial charge on any atom is 0.313 e. The van der Waals surface area contributed by atoms with Crippen molar-refractivity contribution in [3.05, 3.63) is 17.2 Å². The van der Waals surface area contributed by atoms with Crippen LogP contribution in [-0.2, 0) is 23.0 Å². The van der Waals surface area contributed by atoms with Gasteiger partial charge >= 0.3 is 5.97 Å². The Morgan fingerprint density at radius 3 is 2.79 bits per heavy atom. The molecule has 1 aromatic rings. The third-order valence-corrected chi connectivity index (χ3v) is 1.99. The number of nitrogens with zero attached hydrogens (tertiary/aromatic N) is 2. The first-order valence-electron chi connectivity index (χ1n) is 3.97. The number of rotatable bonds is 3. The summed E-state index contributed by atoms with van der Waals surface area (Å²) in [5.74, 6) is 0.330. The Hall–Kier alpha value is -0.740. The fraction of sp³-hybridized carbons (Fsp3) is 0.500. The summed E-state index contributed by atoms with van der Waals surface area (Å²) in [6.45, 7) is 2.15. The normalized spacial score (nSPS) is 9.36. The van der Waals surface area contributed by atoms with Crippen LogP contribution < -0.4 is 0 Å². The number of aromatic nitrogens is 2. The second-order valence-corrected chi connectivity index (χ2v) is 2.93. The molecule has 0 aliphatic rings. The Morgan fingerprint density at radius 2 is 2.36 bits per heavy atom. The average Bonchev–Trinajstić information content (AvgIpc) is 2.37. The average molecular weight is 239 g/mol. The molecule has 6 heteroatoms. The van der Waals surface area contributed by atoms with Gasteiger partial charge in [-0.1, -0.05) is 11.6 Å². The van der Waals surface area contributed by atoms with Crippen molar-refractivity contribution in [2.45, 2.75) is 13.3 Å². The Balaban J connectivity index is 0.00000169. The zero-order valence-corrected chi connectivity index (χ0v) is 9.56. The molecule has 0 saturated heterocycles. The van der Waals surface area contributed by atoms with E-state index >= 15 is 0 Å². The van der Waals surface area contributed by atoms with Crippen LogP contribution >= 0.6 is 24.0 Å². The maximum atomic E-state index is 11.1. The molecular weight excluding hydrogens is 227 g/mol. The van der Waals surface area contributed by atoms with Gasteiger partial charge in [-0.15, -0.1) is 12.4 Å². The highest BCUT2D eigenvalue weighted by Gasteiger charge is 2.09. The lowest BCUT2D eigenvalue weighted by molar-refractivity contribution is -0.142. The molecule has 14 heavy (non-hydrogen) atoms. The molecule has 0 bridgehead atoms. The van der Waals surface area contributed by atoms with Gasteiger partial charge < -0.3 is 9.30 Å². The lowest BCUT2D eigenvalue weighted by Crippen LogP contribution is -2.11. The van der Waals surface area contributed by atoms with Crippen LogP contribution in [0.15, 0.2) is 6.20 Å². The van der Waals surface area contributed by atoms with Gasteiger partial charge in [-0.2, -0.15) is 0 Å². The molecule has 0 aromatic carbocycles. The molecule has 0 atom stereocenters. The summed E-state index contributed by atoms with van der Waals surface area (Å²) in [7, 11) is 1.75. The minimum Gasteiger partial charge on any atom is -0.466 e. The first kappa shape index (κ1) is 13.3. The molecule has 0 spiro atoms. The van der Waals surface area contributed by atoms with Gasteiger partial charge in [0.25, 0.3) is 0 Å². The number of ether oxygens (including phenoxy) is 1. The lowest BCUT2D eigenvalue weighted by atomic mass is 10.4. The van der Waals surface area contributed by atoms with Gasteiger partial charge in [0.05, 0.1) is 12.8 Å². The van der Waals surface area contributed by atoms with E-state index < -0.39 is 0 Å². The summed E-state index contributed by atoms with van der Waals surface area (Å²) in [5, 5.41) is 0.513. The van der Waals surface area contributed by atoms with E-state index in [1.807, 2.05) is 0 Å². The largest absolute Gasteiger partial charge is 0.466 e. The third kappa shape index (κ3) is 3.20. The molecule has 1 rings (SSSR count). The van der Waals surface area contributed by atoms with Crippen LogP contribution in [0.25, 0.3) is 0 Å². The smallest absolute Gasteiger partial charge is 0.313 e. The molecule has 4 nitrogen and oxygen atoms in total. The van der Waals surface area contributed by atoms with Gasteiger partial charge in [-0.05, 0) is 6.92 Å². The maximum absolute atomic E-state index is 11.1. The second-order valence-electron chi connectivity index (χ2n) is 2.54. The molecule has 80 valence electrons. The number of esters is 1. The number of hydrogen-bond acceptors (Lipinski definition) is 3. The molecule has 0 saturated carbocycles. The summed E-state index contributed by atoms with van der Waals surface area (Å²) >= 11 is 5.74. The van der Waals surface area contributed by atoms with Crippen LogP contribution in [0.1, 0.15) is 12.7 Å². The predicted molar refractivity (Wildman–Crippen MR) is 55.8 cm³/mol. The standard InChI is InChI=1S/C8H11ClN2O2.ClH/c1-3-13-8(12)4-7-10-5-6(9)11(7)2;/h5H,3-4H2,1-2H3;1H. The summed E-state index contributed by atoms with van der Waals surface area (Å²) in [6.07, 6.45) is 1.67. The van der Waals surface area contributed by atoms with Crippen LogP contribution in [0, 0.1) is 0 Å². The number of carbonyl (C=O) groups excluding carboxylic acids is 1.